The first kappa shape index (κ1) is 20.9. The summed E-state index contributed by atoms with van der Waals surface area (Å²) < 4.78 is 1.13. The van der Waals surface area contributed by atoms with Gasteiger partial charge in [0.15, 0.2) is 16.8 Å². The number of aryl methyl sites for hydroxylation is 1. The molecule has 0 amide bonds. The lowest BCUT2D eigenvalue weighted by molar-refractivity contribution is 0.782. The van der Waals surface area contributed by atoms with Crippen LogP contribution in [-0.2, 0) is 13.1 Å². The van der Waals surface area contributed by atoms with Crippen LogP contribution in [0.3, 0.4) is 0 Å². The average Bonchev–Trinajstić information content (AvgIpc) is 3.25. The van der Waals surface area contributed by atoms with Gasteiger partial charge in [-0.2, -0.15) is 0 Å². The van der Waals surface area contributed by atoms with Gasteiger partial charge in [0, 0.05) is 13.1 Å². The van der Waals surface area contributed by atoms with Gasteiger partial charge < -0.3 is 16.0 Å². The summed E-state index contributed by atoms with van der Waals surface area (Å²) in [5, 5.41) is 4.07. The van der Waals surface area contributed by atoms with E-state index in [0.29, 0.717) is 30.4 Å². The van der Waals surface area contributed by atoms with Crippen LogP contribution in [0.2, 0.25) is 0 Å². The quantitative estimate of drug-likeness (QED) is 0.319. The number of nitrogens with one attached hydrogen (secondary N) is 1. The molecule has 3 N–H and O–H groups in total. The van der Waals surface area contributed by atoms with Crippen molar-refractivity contribution in [3.05, 3.63) is 102 Å². The number of hydrogen-bond acceptors (Lipinski definition) is 7. The Morgan fingerprint density at radius 2 is 1.52 bits per heavy atom. The fourth-order valence-corrected chi connectivity index (χ4v) is 4.73. The Balaban J connectivity index is 1.48. The van der Waals surface area contributed by atoms with Crippen LogP contribution in [0.1, 0.15) is 16.7 Å². The van der Waals surface area contributed by atoms with Gasteiger partial charge in [0.1, 0.15) is 12.0 Å². The normalized spacial score (nSPS) is 10.9. The van der Waals surface area contributed by atoms with Crippen molar-refractivity contribution < 1.29 is 0 Å². The molecule has 5 aromatic rings. The second kappa shape index (κ2) is 9.26. The summed E-state index contributed by atoms with van der Waals surface area (Å²) in [4.78, 5) is 15.9. The molecular weight excluding hydrogens is 428 g/mol. The molecule has 6 nitrogen and oxygen atoms in total. The minimum atomic E-state index is 0.500. The van der Waals surface area contributed by atoms with Gasteiger partial charge in [-0.05, 0) is 29.7 Å². The molecule has 0 atom stereocenters. The van der Waals surface area contributed by atoms with Gasteiger partial charge in [0.2, 0.25) is 0 Å². The van der Waals surface area contributed by atoms with Crippen LogP contribution in [0.15, 0.2) is 85.2 Å². The van der Waals surface area contributed by atoms with Gasteiger partial charge in [0.25, 0.3) is 0 Å². The van der Waals surface area contributed by atoms with Gasteiger partial charge in [-0.25, -0.2) is 15.0 Å². The molecule has 0 aliphatic carbocycles. The molecule has 0 spiro atoms. The van der Waals surface area contributed by atoms with E-state index in [9.17, 15) is 0 Å². The van der Waals surface area contributed by atoms with Gasteiger partial charge in [0.05, 0.1) is 10.2 Å². The minimum absolute atomic E-state index is 0.500. The number of para-hydroxylation sites is 1. The van der Waals surface area contributed by atoms with Crippen molar-refractivity contribution in [2.75, 3.05) is 16.0 Å². The lowest BCUT2D eigenvalue weighted by atomic mass is 10.1. The predicted octanol–water partition coefficient (Wildman–Crippen LogP) is 5.93. The summed E-state index contributed by atoms with van der Waals surface area (Å²) >= 11 is 1.58. The third-order valence-electron chi connectivity index (χ3n) is 5.44. The van der Waals surface area contributed by atoms with Crippen LogP contribution in [0.5, 0.6) is 0 Å². The largest absolute Gasteiger partial charge is 0.393 e. The Kier molecular flexibility index (Phi) is 5.87. The zero-order chi connectivity index (χ0) is 22.6. The highest BCUT2D eigenvalue weighted by Gasteiger charge is 2.17. The summed E-state index contributed by atoms with van der Waals surface area (Å²) in [6.45, 7) is 3.42. The first-order chi connectivity index (χ1) is 16.2. The monoisotopic (exact) mass is 452 g/mol. The van der Waals surface area contributed by atoms with E-state index in [-0.39, 0.29) is 0 Å². The maximum absolute atomic E-state index is 6.61. The van der Waals surface area contributed by atoms with Crippen molar-refractivity contribution >= 4 is 44.0 Å². The Hall–Kier alpha value is -3.97. The van der Waals surface area contributed by atoms with Gasteiger partial charge in [-0.1, -0.05) is 84.1 Å². The molecule has 0 saturated carbocycles. The third kappa shape index (κ3) is 4.63. The third-order valence-corrected chi connectivity index (χ3v) is 6.38. The fraction of sp³-hybridized carbons (Fsp3) is 0.115. The molecule has 0 bridgehead atoms. The highest BCUT2D eigenvalue weighted by molar-refractivity contribution is 7.22. The first-order valence-electron chi connectivity index (χ1n) is 10.7. The molecule has 0 aliphatic heterocycles. The topological polar surface area (TPSA) is 80.0 Å². The number of nitrogens with zero attached hydrogens (tertiary/aromatic N) is 4. The van der Waals surface area contributed by atoms with Crippen LogP contribution in [0.25, 0.3) is 10.2 Å². The lowest BCUT2D eigenvalue weighted by Crippen LogP contribution is -2.24. The highest BCUT2D eigenvalue weighted by atomic mass is 32.1. The predicted molar refractivity (Wildman–Crippen MR) is 137 cm³/mol. The molecule has 0 unspecified atom stereocenters. The standard InChI is InChI=1S/C26H24N6S/c1-18-9-8-14-21-23(18)30-26(33-21)31-24-22(27)25(29-17-28-24)32(15-19-10-4-2-5-11-19)16-20-12-6-3-7-13-20/h2-14,17H,15-16,27H2,1H3,(H,28,29,30,31). The zero-order valence-corrected chi connectivity index (χ0v) is 19.1. The SMILES string of the molecule is Cc1cccc2sc(Nc3ncnc(N(Cc4ccccc4)Cc4ccccc4)c3N)nc12. The van der Waals surface area contributed by atoms with E-state index < -0.39 is 0 Å². The van der Waals surface area contributed by atoms with E-state index in [1.807, 2.05) is 42.5 Å². The van der Waals surface area contributed by atoms with Gasteiger partial charge in [-0.15, -0.1) is 0 Å². The van der Waals surface area contributed by atoms with Crippen molar-refractivity contribution in [2.45, 2.75) is 20.0 Å². The number of rotatable bonds is 7. The molecule has 0 saturated heterocycles. The maximum atomic E-state index is 6.61. The lowest BCUT2D eigenvalue weighted by Gasteiger charge is -2.26. The number of benzene rings is 3. The smallest absolute Gasteiger partial charge is 0.189 e. The molecule has 2 aromatic heterocycles. The first-order valence-corrected chi connectivity index (χ1v) is 11.6. The Morgan fingerprint density at radius 1 is 0.848 bits per heavy atom. The maximum Gasteiger partial charge on any atom is 0.189 e. The van der Waals surface area contributed by atoms with E-state index in [0.717, 1.165) is 20.9 Å². The van der Waals surface area contributed by atoms with Crippen LogP contribution in [0.4, 0.5) is 22.5 Å². The number of thiazole rings is 1. The molecule has 164 valence electrons. The van der Waals surface area contributed by atoms with Gasteiger partial charge >= 0.3 is 0 Å². The zero-order valence-electron chi connectivity index (χ0n) is 18.3. The fourth-order valence-electron chi connectivity index (χ4n) is 3.79. The second-order valence-corrected chi connectivity index (χ2v) is 8.88. The summed E-state index contributed by atoms with van der Waals surface area (Å²) in [7, 11) is 0. The van der Waals surface area contributed by atoms with Gasteiger partial charge in [-0.3, -0.25) is 0 Å². The number of aromatic nitrogens is 3. The van der Waals surface area contributed by atoms with E-state index in [4.69, 9.17) is 10.7 Å². The molecule has 5 rings (SSSR count). The molecule has 33 heavy (non-hydrogen) atoms. The van der Waals surface area contributed by atoms with Crippen LogP contribution >= 0.6 is 11.3 Å². The molecule has 2 heterocycles. The van der Waals surface area contributed by atoms with Crippen molar-refractivity contribution in [1.82, 2.24) is 15.0 Å². The number of hydrogen-bond donors (Lipinski definition) is 2. The van der Waals surface area contributed by atoms with Crippen molar-refractivity contribution in [1.29, 1.82) is 0 Å². The van der Waals surface area contributed by atoms with Crippen LogP contribution in [0, 0.1) is 6.92 Å². The summed E-state index contributed by atoms with van der Waals surface area (Å²) in [5.74, 6) is 1.25. The van der Waals surface area contributed by atoms with Crippen LogP contribution in [-0.4, -0.2) is 15.0 Å². The van der Waals surface area contributed by atoms with Crippen molar-refractivity contribution in [3.8, 4) is 0 Å². The molecule has 3 aromatic carbocycles. The number of anilines is 4. The van der Waals surface area contributed by atoms with E-state index in [2.05, 4.69) is 63.5 Å². The second-order valence-electron chi connectivity index (χ2n) is 7.85. The van der Waals surface area contributed by atoms with E-state index in [1.54, 1.807) is 17.7 Å². The van der Waals surface area contributed by atoms with Crippen LogP contribution < -0.4 is 16.0 Å². The number of fused-ring (bicyclic) bond motifs is 1. The summed E-state index contributed by atoms with van der Waals surface area (Å²) in [6, 6.07) is 26.8. The number of nitrogen functional groups attached to an aromatic ring is 1. The van der Waals surface area contributed by atoms with E-state index >= 15 is 0 Å². The molecule has 0 aliphatic rings. The molecule has 7 heteroatoms. The van der Waals surface area contributed by atoms with Crippen molar-refractivity contribution in [2.24, 2.45) is 0 Å². The Labute approximate surface area is 196 Å². The Morgan fingerprint density at radius 3 is 2.15 bits per heavy atom. The van der Waals surface area contributed by atoms with Crippen molar-refractivity contribution in [3.63, 3.8) is 0 Å². The minimum Gasteiger partial charge on any atom is -0.393 e. The number of nitrogens with two attached hydrogens (primary N) is 1. The van der Waals surface area contributed by atoms with E-state index in [1.165, 1.54) is 11.1 Å². The molecule has 0 radical (unpaired) electrons. The summed E-state index contributed by atoms with van der Waals surface area (Å²) in [6.07, 6.45) is 1.55. The molecule has 0 fully saturated rings. The summed E-state index contributed by atoms with van der Waals surface area (Å²) in [5.41, 5.74) is 11.6. The highest BCUT2D eigenvalue weighted by Crippen LogP contribution is 2.34. The Bertz CT molecular complexity index is 1330. The molecular formula is C26H24N6S. The average molecular weight is 453 g/mol.